The molecule has 0 unspecified atom stereocenters. The number of halogens is 3. The van der Waals surface area contributed by atoms with Gasteiger partial charge in [0.2, 0.25) is 0 Å². The average Bonchev–Trinajstić information content (AvgIpc) is 2.89. The Morgan fingerprint density at radius 2 is 1.79 bits per heavy atom. The summed E-state index contributed by atoms with van der Waals surface area (Å²) in [6.45, 7) is -1.32. The summed E-state index contributed by atoms with van der Waals surface area (Å²) >= 11 is 1.55. The number of carbonyl (C=O) groups is 1. The molecule has 0 atom stereocenters. The second-order valence-corrected chi connectivity index (χ2v) is 4.67. The van der Waals surface area contributed by atoms with Crippen molar-refractivity contribution in [3.8, 4) is 11.1 Å². The maximum absolute atomic E-state index is 12.0. The van der Waals surface area contributed by atoms with Gasteiger partial charge in [-0.2, -0.15) is 24.5 Å². The highest BCUT2D eigenvalue weighted by Gasteiger charge is 2.27. The van der Waals surface area contributed by atoms with Crippen molar-refractivity contribution in [2.75, 3.05) is 6.54 Å². The van der Waals surface area contributed by atoms with E-state index in [2.05, 4.69) is 0 Å². The number of amides is 1. The molecule has 100 valence electrons. The van der Waals surface area contributed by atoms with Gasteiger partial charge < -0.3 is 5.32 Å². The molecule has 0 saturated carbocycles. The van der Waals surface area contributed by atoms with E-state index in [9.17, 15) is 18.0 Å². The molecule has 0 spiro atoms. The highest BCUT2D eigenvalue weighted by Crippen LogP contribution is 2.22. The topological polar surface area (TPSA) is 29.1 Å². The fourth-order valence-corrected chi connectivity index (χ4v) is 2.19. The lowest BCUT2D eigenvalue weighted by atomic mass is 10.1. The fourth-order valence-electron chi connectivity index (χ4n) is 1.53. The third-order valence-electron chi connectivity index (χ3n) is 2.45. The summed E-state index contributed by atoms with van der Waals surface area (Å²) < 4.78 is 35.9. The van der Waals surface area contributed by atoms with E-state index >= 15 is 0 Å². The monoisotopic (exact) mass is 285 g/mol. The van der Waals surface area contributed by atoms with Crippen LogP contribution >= 0.6 is 11.3 Å². The predicted octanol–water partition coefficient (Wildman–Crippen LogP) is 3.71. The van der Waals surface area contributed by atoms with Crippen LogP contribution in [0.25, 0.3) is 11.1 Å². The first-order valence-corrected chi connectivity index (χ1v) is 6.37. The Bertz CT molecular complexity index is 546. The van der Waals surface area contributed by atoms with E-state index in [0.717, 1.165) is 11.1 Å². The van der Waals surface area contributed by atoms with E-state index in [-0.39, 0.29) is 5.56 Å². The molecule has 2 nitrogen and oxygen atoms in total. The fraction of sp³-hybridized carbons (Fsp3) is 0.154. The van der Waals surface area contributed by atoms with Crippen molar-refractivity contribution in [3.63, 3.8) is 0 Å². The molecule has 0 aliphatic carbocycles. The SMILES string of the molecule is O=C(NCC(F)(F)F)c1ccc(-c2ccsc2)cc1. The molecule has 0 radical (unpaired) electrons. The number of hydrogen-bond acceptors (Lipinski definition) is 2. The molecule has 1 N–H and O–H groups in total. The van der Waals surface area contributed by atoms with E-state index in [1.54, 1.807) is 23.5 Å². The normalized spacial score (nSPS) is 11.3. The minimum Gasteiger partial charge on any atom is -0.343 e. The number of rotatable bonds is 3. The van der Waals surface area contributed by atoms with Crippen LogP contribution in [0.1, 0.15) is 10.4 Å². The van der Waals surface area contributed by atoms with Crippen LogP contribution in [-0.2, 0) is 0 Å². The Hall–Kier alpha value is -1.82. The van der Waals surface area contributed by atoms with Gasteiger partial charge in [-0.05, 0) is 40.1 Å². The zero-order chi connectivity index (χ0) is 13.9. The Balaban J connectivity index is 2.04. The van der Waals surface area contributed by atoms with Gasteiger partial charge in [-0.15, -0.1) is 0 Å². The van der Waals surface area contributed by atoms with Gasteiger partial charge in [0.1, 0.15) is 6.54 Å². The summed E-state index contributed by atoms with van der Waals surface area (Å²) in [6.07, 6.45) is -4.40. The Kier molecular flexibility index (Phi) is 3.90. The van der Waals surface area contributed by atoms with Gasteiger partial charge in [0.15, 0.2) is 0 Å². The first-order chi connectivity index (χ1) is 8.96. The van der Waals surface area contributed by atoms with E-state index < -0.39 is 18.6 Å². The molecule has 0 bridgehead atoms. The molecule has 19 heavy (non-hydrogen) atoms. The molecule has 2 aromatic rings. The molecule has 0 aliphatic rings. The minimum absolute atomic E-state index is 0.211. The second kappa shape index (κ2) is 5.44. The largest absolute Gasteiger partial charge is 0.405 e. The molecule has 1 aromatic carbocycles. The first-order valence-electron chi connectivity index (χ1n) is 5.43. The smallest absolute Gasteiger partial charge is 0.343 e. The van der Waals surface area contributed by atoms with Crippen molar-refractivity contribution in [3.05, 3.63) is 46.7 Å². The average molecular weight is 285 g/mol. The Labute approximate surface area is 111 Å². The van der Waals surface area contributed by atoms with Crippen LogP contribution in [0.5, 0.6) is 0 Å². The van der Waals surface area contributed by atoms with Gasteiger partial charge in [0, 0.05) is 5.56 Å². The molecule has 2 rings (SSSR count). The van der Waals surface area contributed by atoms with Crippen LogP contribution in [0.3, 0.4) is 0 Å². The lowest BCUT2D eigenvalue weighted by Gasteiger charge is -2.08. The number of alkyl halides is 3. The lowest BCUT2D eigenvalue weighted by Crippen LogP contribution is -2.33. The molecule has 1 heterocycles. The number of carbonyl (C=O) groups excluding carboxylic acids is 1. The maximum Gasteiger partial charge on any atom is 0.405 e. The van der Waals surface area contributed by atoms with Gasteiger partial charge in [-0.1, -0.05) is 12.1 Å². The number of benzene rings is 1. The zero-order valence-electron chi connectivity index (χ0n) is 9.70. The van der Waals surface area contributed by atoms with E-state index in [1.807, 2.05) is 22.1 Å². The highest BCUT2D eigenvalue weighted by atomic mass is 32.1. The van der Waals surface area contributed by atoms with E-state index in [1.165, 1.54) is 12.1 Å². The molecule has 0 saturated heterocycles. The van der Waals surface area contributed by atoms with Crippen molar-refractivity contribution in [1.82, 2.24) is 5.32 Å². The van der Waals surface area contributed by atoms with Crippen molar-refractivity contribution in [2.45, 2.75) is 6.18 Å². The number of nitrogens with one attached hydrogen (secondary N) is 1. The number of hydrogen-bond donors (Lipinski definition) is 1. The Morgan fingerprint density at radius 1 is 1.11 bits per heavy atom. The zero-order valence-corrected chi connectivity index (χ0v) is 10.5. The quantitative estimate of drug-likeness (QED) is 0.915. The third kappa shape index (κ3) is 3.82. The van der Waals surface area contributed by atoms with Gasteiger partial charge in [-0.3, -0.25) is 4.79 Å². The second-order valence-electron chi connectivity index (χ2n) is 3.89. The molecule has 6 heteroatoms. The van der Waals surface area contributed by atoms with Gasteiger partial charge in [-0.25, -0.2) is 0 Å². The summed E-state index contributed by atoms with van der Waals surface area (Å²) in [4.78, 5) is 11.5. The summed E-state index contributed by atoms with van der Waals surface area (Å²) in [5.74, 6) is -0.728. The minimum atomic E-state index is -4.40. The standard InChI is InChI=1S/C13H10F3NOS/c14-13(15,16)8-17-12(18)10-3-1-9(2-4-10)11-5-6-19-7-11/h1-7H,8H2,(H,17,18). The van der Waals surface area contributed by atoms with Crippen molar-refractivity contribution in [1.29, 1.82) is 0 Å². The van der Waals surface area contributed by atoms with Crippen molar-refractivity contribution in [2.24, 2.45) is 0 Å². The highest BCUT2D eigenvalue weighted by molar-refractivity contribution is 7.08. The van der Waals surface area contributed by atoms with Gasteiger partial charge >= 0.3 is 6.18 Å². The van der Waals surface area contributed by atoms with Crippen LogP contribution in [0.15, 0.2) is 41.1 Å². The first kappa shape index (κ1) is 13.6. The molecule has 0 aliphatic heterocycles. The molecule has 1 aromatic heterocycles. The van der Waals surface area contributed by atoms with Crippen LogP contribution in [0.2, 0.25) is 0 Å². The van der Waals surface area contributed by atoms with Crippen LogP contribution in [0, 0.1) is 0 Å². The number of thiophene rings is 1. The van der Waals surface area contributed by atoms with E-state index in [0.29, 0.717) is 0 Å². The van der Waals surface area contributed by atoms with Crippen molar-refractivity contribution < 1.29 is 18.0 Å². The molecule has 0 fully saturated rings. The summed E-state index contributed by atoms with van der Waals surface area (Å²) in [6, 6.07) is 8.38. The summed E-state index contributed by atoms with van der Waals surface area (Å²) in [5.41, 5.74) is 2.16. The molecular formula is C13H10F3NOS. The van der Waals surface area contributed by atoms with E-state index in [4.69, 9.17) is 0 Å². The van der Waals surface area contributed by atoms with Crippen LogP contribution in [-0.4, -0.2) is 18.6 Å². The van der Waals surface area contributed by atoms with Crippen LogP contribution < -0.4 is 5.32 Å². The third-order valence-corrected chi connectivity index (χ3v) is 3.13. The van der Waals surface area contributed by atoms with Gasteiger partial charge in [0.05, 0.1) is 0 Å². The van der Waals surface area contributed by atoms with Gasteiger partial charge in [0.25, 0.3) is 5.91 Å². The van der Waals surface area contributed by atoms with Crippen LogP contribution in [0.4, 0.5) is 13.2 Å². The Morgan fingerprint density at radius 3 is 2.32 bits per heavy atom. The lowest BCUT2D eigenvalue weighted by molar-refractivity contribution is -0.123. The summed E-state index contributed by atoms with van der Waals surface area (Å²) in [5, 5.41) is 5.72. The summed E-state index contributed by atoms with van der Waals surface area (Å²) in [7, 11) is 0. The molecule has 1 amide bonds. The predicted molar refractivity (Wildman–Crippen MR) is 68.1 cm³/mol. The van der Waals surface area contributed by atoms with Crippen molar-refractivity contribution >= 4 is 17.2 Å². The maximum atomic E-state index is 12.0. The molecular weight excluding hydrogens is 275 g/mol.